The Morgan fingerprint density at radius 2 is 1.90 bits per heavy atom. The molecule has 1 saturated heterocycles. The lowest BCUT2D eigenvalue weighted by Gasteiger charge is -2.26. The molecule has 1 amide bonds. The summed E-state index contributed by atoms with van der Waals surface area (Å²) in [7, 11) is 0. The molecule has 7 nitrogen and oxygen atoms in total. The molecule has 0 spiro atoms. The van der Waals surface area contributed by atoms with Crippen molar-refractivity contribution in [2.24, 2.45) is 0 Å². The molecule has 7 heteroatoms. The van der Waals surface area contributed by atoms with Crippen LogP contribution in [0.1, 0.15) is 10.4 Å². The number of aromatic carboxylic acids is 1. The zero-order valence-corrected chi connectivity index (χ0v) is 11.6. The summed E-state index contributed by atoms with van der Waals surface area (Å²) in [6.45, 7) is 4.10. The number of amides is 1. The van der Waals surface area contributed by atoms with E-state index in [-0.39, 0.29) is 5.56 Å². The molecule has 1 heterocycles. The number of hydrogen-bond donors (Lipinski definition) is 2. The van der Waals surface area contributed by atoms with Crippen LogP contribution in [-0.4, -0.2) is 61.5 Å². The molecule has 21 heavy (non-hydrogen) atoms. The number of morpholine rings is 1. The van der Waals surface area contributed by atoms with E-state index in [9.17, 15) is 9.59 Å². The summed E-state index contributed by atoms with van der Waals surface area (Å²) in [5, 5.41) is 11.3. The number of benzene rings is 1. The van der Waals surface area contributed by atoms with Crippen LogP contribution in [0.2, 0.25) is 0 Å². The summed E-state index contributed by atoms with van der Waals surface area (Å²) in [6.07, 6.45) is -0.550. The Morgan fingerprint density at radius 1 is 1.24 bits per heavy atom. The van der Waals surface area contributed by atoms with E-state index in [0.717, 1.165) is 13.1 Å². The molecule has 2 rings (SSSR count). The Morgan fingerprint density at radius 3 is 2.52 bits per heavy atom. The smallest absolute Gasteiger partial charge is 0.411 e. The quantitative estimate of drug-likeness (QED) is 0.850. The number of nitrogens with zero attached hydrogens (tertiary/aromatic N) is 1. The minimum absolute atomic E-state index is 0.168. The Bertz CT molecular complexity index is 483. The first-order valence-corrected chi connectivity index (χ1v) is 6.72. The molecule has 0 saturated carbocycles. The van der Waals surface area contributed by atoms with Crippen LogP contribution in [0, 0.1) is 0 Å². The highest BCUT2D eigenvalue weighted by molar-refractivity contribution is 5.89. The Kier molecular flexibility index (Phi) is 5.53. The summed E-state index contributed by atoms with van der Waals surface area (Å²) < 4.78 is 10.3. The van der Waals surface area contributed by atoms with Crippen molar-refractivity contribution >= 4 is 17.7 Å². The predicted molar refractivity (Wildman–Crippen MR) is 75.6 cm³/mol. The molecule has 0 aliphatic carbocycles. The van der Waals surface area contributed by atoms with Gasteiger partial charge in [-0.15, -0.1) is 0 Å². The summed E-state index contributed by atoms with van der Waals surface area (Å²) in [4.78, 5) is 24.4. The molecule has 2 N–H and O–H groups in total. The Hall–Kier alpha value is -2.12. The van der Waals surface area contributed by atoms with Crippen molar-refractivity contribution in [1.29, 1.82) is 0 Å². The number of rotatable bonds is 5. The van der Waals surface area contributed by atoms with Crippen LogP contribution in [0.25, 0.3) is 0 Å². The number of carboxylic acids is 1. The van der Waals surface area contributed by atoms with E-state index in [4.69, 9.17) is 14.6 Å². The summed E-state index contributed by atoms with van der Waals surface area (Å²) in [6, 6.07) is 5.89. The second-order valence-electron chi connectivity index (χ2n) is 4.60. The standard InChI is InChI=1S/C14H18N2O5/c17-13(18)11-1-3-12(4-2-11)15-14(19)21-10-7-16-5-8-20-9-6-16/h1-4H,5-10H2,(H,15,19)(H,17,18). The van der Waals surface area contributed by atoms with E-state index < -0.39 is 12.1 Å². The van der Waals surface area contributed by atoms with Gasteiger partial charge in [-0.1, -0.05) is 0 Å². The number of carbonyl (C=O) groups is 2. The monoisotopic (exact) mass is 294 g/mol. The minimum Gasteiger partial charge on any atom is -0.478 e. The van der Waals surface area contributed by atoms with Crippen molar-refractivity contribution in [3.8, 4) is 0 Å². The zero-order chi connectivity index (χ0) is 15.1. The SMILES string of the molecule is O=C(Nc1ccc(C(=O)O)cc1)OCCN1CCOCC1. The predicted octanol–water partition coefficient (Wildman–Crippen LogP) is 1.27. The van der Waals surface area contributed by atoms with E-state index in [1.54, 1.807) is 0 Å². The number of anilines is 1. The molecule has 1 aromatic carbocycles. The van der Waals surface area contributed by atoms with Crippen LogP contribution >= 0.6 is 0 Å². The van der Waals surface area contributed by atoms with Crippen LogP contribution in [0.15, 0.2) is 24.3 Å². The lowest BCUT2D eigenvalue weighted by Crippen LogP contribution is -2.38. The van der Waals surface area contributed by atoms with Crippen LogP contribution in [-0.2, 0) is 9.47 Å². The van der Waals surface area contributed by atoms with E-state index in [2.05, 4.69) is 10.2 Å². The molecule has 1 fully saturated rings. The van der Waals surface area contributed by atoms with Gasteiger partial charge < -0.3 is 14.6 Å². The lowest BCUT2D eigenvalue weighted by atomic mass is 10.2. The average molecular weight is 294 g/mol. The maximum Gasteiger partial charge on any atom is 0.411 e. The van der Waals surface area contributed by atoms with Gasteiger partial charge in [0, 0.05) is 25.3 Å². The van der Waals surface area contributed by atoms with Gasteiger partial charge in [0.2, 0.25) is 0 Å². The molecule has 114 valence electrons. The number of hydrogen-bond acceptors (Lipinski definition) is 5. The minimum atomic E-state index is -1.00. The molecule has 0 bridgehead atoms. The van der Waals surface area contributed by atoms with E-state index in [0.29, 0.717) is 32.1 Å². The Balaban J connectivity index is 1.70. The third kappa shape index (κ3) is 5.05. The first kappa shape index (κ1) is 15.3. The number of carbonyl (C=O) groups excluding carboxylic acids is 1. The van der Waals surface area contributed by atoms with Crippen LogP contribution < -0.4 is 5.32 Å². The van der Waals surface area contributed by atoms with Gasteiger partial charge in [0.1, 0.15) is 6.61 Å². The maximum absolute atomic E-state index is 11.6. The number of carboxylic acid groups (broad SMARTS) is 1. The van der Waals surface area contributed by atoms with Crippen LogP contribution in [0.5, 0.6) is 0 Å². The van der Waals surface area contributed by atoms with Gasteiger partial charge in [-0.05, 0) is 24.3 Å². The number of ether oxygens (including phenoxy) is 2. The highest BCUT2D eigenvalue weighted by Gasteiger charge is 2.11. The first-order chi connectivity index (χ1) is 10.1. The molecular weight excluding hydrogens is 276 g/mol. The fourth-order valence-corrected chi connectivity index (χ4v) is 1.94. The van der Waals surface area contributed by atoms with Gasteiger partial charge in [-0.2, -0.15) is 0 Å². The normalized spacial score (nSPS) is 15.4. The molecule has 0 radical (unpaired) electrons. The van der Waals surface area contributed by atoms with Crippen molar-refractivity contribution in [1.82, 2.24) is 4.90 Å². The van der Waals surface area contributed by atoms with Crippen molar-refractivity contribution in [2.75, 3.05) is 44.8 Å². The van der Waals surface area contributed by atoms with Gasteiger partial charge >= 0.3 is 12.1 Å². The van der Waals surface area contributed by atoms with E-state index in [1.165, 1.54) is 24.3 Å². The largest absolute Gasteiger partial charge is 0.478 e. The van der Waals surface area contributed by atoms with Gasteiger partial charge in [-0.25, -0.2) is 9.59 Å². The molecular formula is C14H18N2O5. The Labute approximate surface area is 122 Å². The molecule has 0 aromatic heterocycles. The number of nitrogens with one attached hydrogen (secondary N) is 1. The zero-order valence-electron chi connectivity index (χ0n) is 11.6. The van der Waals surface area contributed by atoms with Crippen LogP contribution in [0.3, 0.4) is 0 Å². The average Bonchev–Trinajstić information content (AvgIpc) is 2.49. The highest BCUT2D eigenvalue weighted by Crippen LogP contribution is 2.09. The van der Waals surface area contributed by atoms with Gasteiger partial charge in [0.15, 0.2) is 0 Å². The van der Waals surface area contributed by atoms with E-state index in [1.807, 2.05) is 0 Å². The summed E-state index contributed by atoms with van der Waals surface area (Å²) in [5.74, 6) is -1.00. The van der Waals surface area contributed by atoms with Gasteiger partial charge in [-0.3, -0.25) is 10.2 Å². The van der Waals surface area contributed by atoms with Crippen molar-refractivity contribution in [3.63, 3.8) is 0 Å². The topological polar surface area (TPSA) is 88.1 Å². The molecule has 0 atom stereocenters. The van der Waals surface area contributed by atoms with E-state index >= 15 is 0 Å². The first-order valence-electron chi connectivity index (χ1n) is 6.72. The van der Waals surface area contributed by atoms with Crippen molar-refractivity contribution in [3.05, 3.63) is 29.8 Å². The molecule has 0 unspecified atom stereocenters. The van der Waals surface area contributed by atoms with Crippen molar-refractivity contribution < 1.29 is 24.2 Å². The second-order valence-corrected chi connectivity index (χ2v) is 4.60. The third-order valence-corrected chi connectivity index (χ3v) is 3.12. The molecule has 1 aliphatic heterocycles. The maximum atomic E-state index is 11.6. The van der Waals surface area contributed by atoms with Gasteiger partial charge in [0.05, 0.1) is 18.8 Å². The second kappa shape index (κ2) is 7.61. The summed E-state index contributed by atoms with van der Waals surface area (Å²) >= 11 is 0. The molecule has 1 aliphatic rings. The fraction of sp³-hybridized carbons (Fsp3) is 0.429. The highest BCUT2D eigenvalue weighted by atomic mass is 16.5. The third-order valence-electron chi connectivity index (χ3n) is 3.12. The molecule has 1 aromatic rings. The van der Waals surface area contributed by atoms with Crippen molar-refractivity contribution in [2.45, 2.75) is 0 Å². The fourth-order valence-electron chi connectivity index (χ4n) is 1.94. The van der Waals surface area contributed by atoms with Crippen LogP contribution in [0.4, 0.5) is 10.5 Å². The summed E-state index contributed by atoms with van der Waals surface area (Å²) in [5.41, 5.74) is 0.664. The van der Waals surface area contributed by atoms with Gasteiger partial charge in [0.25, 0.3) is 0 Å². The lowest BCUT2D eigenvalue weighted by molar-refractivity contribution is 0.0290.